The first kappa shape index (κ1) is 11.1. The van der Waals surface area contributed by atoms with E-state index < -0.39 is 4.92 Å². The molecule has 88 valence electrons. The molecule has 0 unspecified atom stereocenters. The van der Waals surface area contributed by atoms with Gasteiger partial charge in [-0.05, 0) is 6.07 Å². The smallest absolute Gasteiger partial charge is 0.271 e. The number of fused-ring (bicyclic) bond motifs is 1. The van der Waals surface area contributed by atoms with E-state index >= 15 is 0 Å². The Morgan fingerprint density at radius 1 is 1.59 bits per heavy atom. The number of rotatable bonds is 3. The van der Waals surface area contributed by atoms with E-state index in [0.717, 1.165) is 0 Å². The topological polar surface area (TPSA) is 101 Å². The number of aromatic amines is 1. The van der Waals surface area contributed by atoms with Crippen molar-refractivity contribution in [2.75, 3.05) is 0 Å². The molecule has 0 radical (unpaired) electrons. The van der Waals surface area contributed by atoms with Gasteiger partial charge in [-0.1, -0.05) is 0 Å². The van der Waals surface area contributed by atoms with E-state index in [9.17, 15) is 14.9 Å². The zero-order valence-corrected chi connectivity index (χ0v) is 9.06. The Hall–Kier alpha value is -2.44. The Bertz CT molecular complexity index is 590. The number of nitrogens with one attached hydrogen (secondary N) is 2. The lowest BCUT2D eigenvalue weighted by molar-refractivity contribution is -0.384. The van der Waals surface area contributed by atoms with Gasteiger partial charge in [0, 0.05) is 19.1 Å². The summed E-state index contributed by atoms with van der Waals surface area (Å²) in [6.07, 6.45) is 0. The van der Waals surface area contributed by atoms with E-state index in [2.05, 4.69) is 15.3 Å². The summed E-state index contributed by atoms with van der Waals surface area (Å²) < 4.78 is 0. The average Bonchev–Trinajstić information content (AvgIpc) is 2.67. The molecule has 1 amide bonds. The predicted octanol–water partition coefficient (Wildman–Crippen LogP) is 1.11. The number of non-ortho nitro benzene ring substituents is 1. The molecule has 0 aliphatic heterocycles. The van der Waals surface area contributed by atoms with Crippen LogP contribution in [-0.4, -0.2) is 20.8 Å². The number of carbonyl (C=O) groups is 1. The summed E-state index contributed by atoms with van der Waals surface area (Å²) in [7, 11) is 0. The molecule has 0 bridgehead atoms. The highest BCUT2D eigenvalue weighted by Crippen LogP contribution is 2.18. The molecule has 2 N–H and O–H groups in total. The van der Waals surface area contributed by atoms with Gasteiger partial charge in [0.05, 0.1) is 22.5 Å². The van der Waals surface area contributed by atoms with Crippen LogP contribution in [0, 0.1) is 10.1 Å². The number of imidazole rings is 1. The van der Waals surface area contributed by atoms with Gasteiger partial charge in [-0.15, -0.1) is 0 Å². The quantitative estimate of drug-likeness (QED) is 0.613. The predicted molar refractivity (Wildman–Crippen MR) is 60.3 cm³/mol. The number of benzene rings is 1. The summed E-state index contributed by atoms with van der Waals surface area (Å²) >= 11 is 0. The molecular formula is C10H10N4O3. The second kappa shape index (κ2) is 4.20. The standard InChI is InChI=1S/C10H10N4O3/c1-6(15)11-5-10-12-8-3-2-7(14(16)17)4-9(8)13-10/h2-4H,5H2,1H3,(H,11,15)(H,12,13). The Balaban J connectivity index is 2.30. The fourth-order valence-corrected chi connectivity index (χ4v) is 1.46. The number of aromatic nitrogens is 2. The van der Waals surface area contributed by atoms with Gasteiger partial charge in [-0.2, -0.15) is 0 Å². The molecule has 1 aromatic carbocycles. The summed E-state index contributed by atoms with van der Waals surface area (Å²) in [5.74, 6) is 0.409. The lowest BCUT2D eigenvalue weighted by atomic mass is 10.3. The lowest BCUT2D eigenvalue weighted by Crippen LogP contribution is -2.19. The largest absolute Gasteiger partial charge is 0.349 e. The summed E-state index contributed by atoms with van der Waals surface area (Å²) in [5.41, 5.74) is 1.22. The Kier molecular flexibility index (Phi) is 2.73. The fourth-order valence-electron chi connectivity index (χ4n) is 1.46. The minimum atomic E-state index is -0.465. The molecule has 7 heteroatoms. The van der Waals surface area contributed by atoms with Crippen LogP contribution in [0.3, 0.4) is 0 Å². The molecule has 0 saturated carbocycles. The van der Waals surface area contributed by atoms with Crippen LogP contribution in [0.25, 0.3) is 11.0 Å². The van der Waals surface area contributed by atoms with Gasteiger partial charge in [0.2, 0.25) is 5.91 Å². The van der Waals surface area contributed by atoms with E-state index in [-0.39, 0.29) is 18.1 Å². The van der Waals surface area contributed by atoms with Gasteiger partial charge in [0.1, 0.15) is 5.82 Å². The number of nitro benzene ring substituents is 1. The monoisotopic (exact) mass is 234 g/mol. The molecule has 0 spiro atoms. The van der Waals surface area contributed by atoms with Crippen LogP contribution in [-0.2, 0) is 11.3 Å². The Morgan fingerprint density at radius 2 is 2.35 bits per heavy atom. The number of H-pyrrole nitrogens is 1. The Morgan fingerprint density at radius 3 is 3.00 bits per heavy atom. The average molecular weight is 234 g/mol. The van der Waals surface area contributed by atoms with Gasteiger partial charge in [-0.25, -0.2) is 4.98 Å². The molecule has 1 aromatic heterocycles. The molecule has 2 aromatic rings. The molecule has 0 saturated heterocycles. The van der Waals surface area contributed by atoms with Crippen LogP contribution in [0.15, 0.2) is 18.2 Å². The van der Waals surface area contributed by atoms with E-state index in [1.165, 1.54) is 19.1 Å². The van der Waals surface area contributed by atoms with Crippen LogP contribution >= 0.6 is 0 Å². The van der Waals surface area contributed by atoms with Crippen molar-refractivity contribution in [3.63, 3.8) is 0 Å². The van der Waals surface area contributed by atoms with Gasteiger partial charge in [0.25, 0.3) is 5.69 Å². The number of nitrogens with zero attached hydrogens (tertiary/aromatic N) is 2. The van der Waals surface area contributed by atoms with Gasteiger partial charge >= 0.3 is 0 Å². The maximum absolute atomic E-state index is 10.7. The Labute approximate surface area is 96.0 Å². The number of hydrogen-bond acceptors (Lipinski definition) is 4. The van der Waals surface area contributed by atoms with Crippen molar-refractivity contribution in [2.45, 2.75) is 13.5 Å². The van der Waals surface area contributed by atoms with E-state index in [1.807, 2.05) is 0 Å². The van der Waals surface area contributed by atoms with Crippen LogP contribution in [0.1, 0.15) is 12.7 Å². The van der Waals surface area contributed by atoms with Crippen molar-refractivity contribution in [1.82, 2.24) is 15.3 Å². The molecule has 0 aliphatic rings. The maximum atomic E-state index is 10.7. The normalized spacial score (nSPS) is 10.4. The van der Waals surface area contributed by atoms with E-state index in [0.29, 0.717) is 16.9 Å². The van der Waals surface area contributed by atoms with Crippen LogP contribution in [0.2, 0.25) is 0 Å². The third kappa shape index (κ3) is 2.39. The number of nitro groups is 1. The number of hydrogen-bond donors (Lipinski definition) is 2. The second-order valence-electron chi connectivity index (χ2n) is 3.55. The highest BCUT2D eigenvalue weighted by Gasteiger charge is 2.09. The van der Waals surface area contributed by atoms with Gasteiger partial charge < -0.3 is 10.3 Å². The van der Waals surface area contributed by atoms with Gasteiger partial charge in [0.15, 0.2) is 0 Å². The molecule has 2 rings (SSSR count). The first-order valence-corrected chi connectivity index (χ1v) is 4.94. The third-order valence-electron chi connectivity index (χ3n) is 2.23. The molecule has 1 heterocycles. The molecule has 17 heavy (non-hydrogen) atoms. The minimum Gasteiger partial charge on any atom is -0.349 e. The van der Waals surface area contributed by atoms with Crippen molar-refractivity contribution in [1.29, 1.82) is 0 Å². The SMILES string of the molecule is CC(=O)NCc1nc2ccc([N+](=O)[O-])cc2[nH]1. The first-order chi connectivity index (χ1) is 8.06. The van der Waals surface area contributed by atoms with E-state index in [1.54, 1.807) is 6.07 Å². The summed E-state index contributed by atoms with van der Waals surface area (Å²) in [6, 6.07) is 4.38. The van der Waals surface area contributed by atoms with Crippen LogP contribution in [0.4, 0.5) is 5.69 Å². The minimum absolute atomic E-state index is 0.00669. The van der Waals surface area contributed by atoms with Crippen molar-refractivity contribution in [3.8, 4) is 0 Å². The van der Waals surface area contributed by atoms with Crippen molar-refractivity contribution in [3.05, 3.63) is 34.1 Å². The van der Waals surface area contributed by atoms with Crippen LogP contribution < -0.4 is 5.32 Å². The second-order valence-corrected chi connectivity index (χ2v) is 3.55. The first-order valence-electron chi connectivity index (χ1n) is 4.94. The maximum Gasteiger partial charge on any atom is 0.271 e. The summed E-state index contributed by atoms with van der Waals surface area (Å²) in [5, 5.41) is 13.2. The lowest BCUT2D eigenvalue weighted by Gasteiger charge is -1.96. The zero-order chi connectivity index (χ0) is 12.4. The van der Waals surface area contributed by atoms with Crippen molar-refractivity contribution >= 4 is 22.6 Å². The number of carbonyl (C=O) groups excluding carboxylic acids is 1. The molecule has 0 atom stereocenters. The third-order valence-corrected chi connectivity index (χ3v) is 2.23. The summed E-state index contributed by atoms with van der Waals surface area (Å²) in [4.78, 5) is 28.0. The van der Waals surface area contributed by atoms with Gasteiger partial charge in [-0.3, -0.25) is 14.9 Å². The molecular weight excluding hydrogens is 224 g/mol. The zero-order valence-electron chi connectivity index (χ0n) is 9.06. The van der Waals surface area contributed by atoms with Crippen LogP contribution in [0.5, 0.6) is 0 Å². The summed E-state index contributed by atoms with van der Waals surface area (Å²) in [6.45, 7) is 1.69. The fraction of sp³-hybridized carbons (Fsp3) is 0.200. The molecule has 0 aliphatic carbocycles. The molecule has 0 fully saturated rings. The van der Waals surface area contributed by atoms with Crippen molar-refractivity contribution in [2.24, 2.45) is 0 Å². The van der Waals surface area contributed by atoms with E-state index in [4.69, 9.17) is 0 Å². The number of amides is 1. The highest BCUT2D eigenvalue weighted by molar-refractivity contribution is 5.78. The van der Waals surface area contributed by atoms with Crippen molar-refractivity contribution < 1.29 is 9.72 Å². The molecule has 7 nitrogen and oxygen atoms in total. The highest BCUT2D eigenvalue weighted by atomic mass is 16.6.